The second kappa shape index (κ2) is 7.86. The number of aromatic nitrogens is 2. The minimum atomic E-state index is 0.0339. The summed E-state index contributed by atoms with van der Waals surface area (Å²) in [6.45, 7) is 1.30. The lowest BCUT2D eigenvalue weighted by Gasteiger charge is -2.33. The molecule has 4 nitrogen and oxygen atoms in total. The van der Waals surface area contributed by atoms with Crippen molar-refractivity contribution in [1.29, 1.82) is 0 Å². The lowest BCUT2D eigenvalue weighted by molar-refractivity contribution is 0.238. The maximum atomic E-state index is 5.87. The van der Waals surface area contributed by atoms with Crippen LogP contribution in [0.2, 0.25) is 0 Å². The van der Waals surface area contributed by atoms with Crippen molar-refractivity contribution in [2.45, 2.75) is 25.7 Å². The molecule has 2 aromatic rings. The van der Waals surface area contributed by atoms with Crippen LogP contribution in [-0.4, -0.2) is 23.1 Å². The van der Waals surface area contributed by atoms with Gasteiger partial charge in [-0.1, -0.05) is 12.1 Å². The summed E-state index contributed by atoms with van der Waals surface area (Å²) in [5.41, 5.74) is 14.0. The van der Waals surface area contributed by atoms with Crippen LogP contribution < -0.4 is 11.5 Å². The van der Waals surface area contributed by atoms with E-state index < -0.39 is 0 Å². The molecule has 0 saturated heterocycles. The summed E-state index contributed by atoms with van der Waals surface area (Å²) in [5.74, 6) is 0. The van der Waals surface area contributed by atoms with Gasteiger partial charge in [0.25, 0.3) is 0 Å². The average Bonchev–Trinajstić information content (AvgIpc) is 2.50. The first-order chi connectivity index (χ1) is 10.3. The molecule has 2 rings (SSSR count). The lowest BCUT2D eigenvalue weighted by Crippen LogP contribution is -2.33. The molecular formula is C17H24N4. The Morgan fingerprint density at radius 3 is 1.57 bits per heavy atom. The number of hydrogen-bond acceptors (Lipinski definition) is 4. The zero-order valence-corrected chi connectivity index (χ0v) is 12.4. The van der Waals surface area contributed by atoms with Crippen LogP contribution in [0.4, 0.5) is 0 Å². The fourth-order valence-corrected chi connectivity index (χ4v) is 2.93. The molecular weight excluding hydrogens is 260 g/mol. The van der Waals surface area contributed by atoms with E-state index in [1.165, 1.54) is 0 Å². The summed E-state index contributed by atoms with van der Waals surface area (Å²) in [5, 5.41) is 0. The maximum absolute atomic E-state index is 5.87. The van der Waals surface area contributed by atoms with E-state index in [0.717, 1.165) is 37.1 Å². The fourth-order valence-electron chi connectivity index (χ4n) is 2.93. The molecule has 0 aromatic carbocycles. The van der Waals surface area contributed by atoms with E-state index in [2.05, 4.69) is 22.1 Å². The third kappa shape index (κ3) is 4.62. The zero-order valence-electron chi connectivity index (χ0n) is 12.4. The largest absolute Gasteiger partial charge is 0.330 e. The van der Waals surface area contributed by atoms with Crippen LogP contribution in [0, 0.1) is 5.41 Å². The van der Waals surface area contributed by atoms with E-state index in [1.54, 1.807) is 0 Å². The zero-order chi connectivity index (χ0) is 15.0. The summed E-state index contributed by atoms with van der Waals surface area (Å²) in [6.07, 6.45) is 7.31. The van der Waals surface area contributed by atoms with Gasteiger partial charge in [-0.3, -0.25) is 9.97 Å². The Morgan fingerprint density at radius 1 is 0.762 bits per heavy atom. The number of nitrogens with zero attached hydrogens (tertiary/aromatic N) is 2. The smallest absolute Gasteiger partial charge is 0.0409 e. The van der Waals surface area contributed by atoms with Gasteiger partial charge in [0.1, 0.15) is 0 Å². The van der Waals surface area contributed by atoms with E-state index in [1.807, 2.05) is 36.7 Å². The average molecular weight is 284 g/mol. The first-order valence-corrected chi connectivity index (χ1v) is 7.48. The minimum Gasteiger partial charge on any atom is -0.330 e. The van der Waals surface area contributed by atoms with Gasteiger partial charge >= 0.3 is 0 Å². The predicted octanol–water partition coefficient (Wildman–Crippen LogP) is 1.95. The first kappa shape index (κ1) is 15.6. The van der Waals surface area contributed by atoms with Gasteiger partial charge in [-0.2, -0.15) is 0 Å². The highest BCUT2D eigenvalue weighted by Gasteiger charge is 2.30. The van der Waals surface area contributed by atoms with Crippen molar-refractivity contribution in [2.24, 2.45) is 16.9 Å². The van der Waals surface area contributed by atoms with Crippen molar-refractivity contribution in [1.82, 2.24) is 9.97 Å². The minimum absolute atomic E-state index is 0.0339. The van der Waals surface area contributed by atoms with Crippen molar-refractivity contribution in [3.63, 3.8) is 0 Å². The van der Waals surface area contributed by atoms with Crippen LogP contribution in [0.1, 0.15) is 24.2 Å². The molecule has 0 bridgehead atoms. The Hall–Kier alpha value is -1.78. The predicted molar refractivity (Wildman–Crippen MR) is 85.7 cm³/mol. The monoisotopic (exact) mass is 284 g/mol. The molecule has 0 aliphatic rings. The van der Waals surface area contributed by atoms with Gasteiger partial charge < -0.3 is 11.5 Å². The highest BCUT2D eigenvalue weighted by atomic mass is 14.7. The Balaban J connectivity index is 2.23. The normalized spacial score (nSPS) is 11.5. The molecule has 21 heavy (non-hydrogen) atoms. The second-order valence-corrected chi connectivity index (χ2v) is 5.57. The lowest BCUT2D eigenvalue weighted by atomic mass is 9.73. The Bertz CT molecular complexity index is 463. The topological polar surface area (TPSA) is 77.8 Å². The standard InChI is InChI=1S/C17H24N4/c18-9-7-17(8-10-19,13-15-5-1-3-11-20-15)14-16-6-2-4-12-21-16/h1-6,11-12H,7-10,13-14,18-19H2. The molecule has 0 aliphatic heterocycles. The van der Waals surface area contributed by atoms with Crippen LogP contribution >= 0.6 is 0 Å². The molecule has 0 spiro atoms. The number of hydrogen-bond donors (Lipinski definition) is 2. The van der Waals surface area contributed by atoms with Crippen molar-refractivity contribution in [3.8, 4) is 0 Å². The van der Waals surface area contributed by atoms with E-state index in [4.69, 9.17) is 11.5 Å². The third-order valence-corrected chi connectivity index (χ3v) is 3.91. The third-order valence-electron chi connectivity index (χ3n) is 3.91. The van der Waals surface area contributed by atoms with Gasteiger partial charge in [0, 0.05) is 23.8 Å². The maximum Gasteiger partial charge on any atom is 0.0409 e. The van der Waals surface area contributed by atoms with Crippen molar-refractivity contribution >= 4 is 0 Å². The highest BCUT2D eigenvalue weighted by molar-refractivity contribution is 5.11. The fraction of sp³-hybridized carbons (Fsp3) is 0.412. The van der Waals surface area contributed by atoms with E-state index >= 15 is 0 Å². The van der Waals surface area contributed by atoms with Crippen LogP contribution in [0.25, 0.3) is 0 Å². The first-order valence-electron chi connectivity index (χ1n) is 7.48. The summed E-state index contributed by atoms with van der Waals surface area (Å²) in [6, 6.07) is 12.1. The Labute approximate surface area is 126 Å². The van der Waals surface area contributed by atoms with Gasteiger partial charge in [-0.05, 0) is 68.5 Å². The second-order valence-electron chi connectivity index (χ2n) is 5.57. The van der Waals surface area contributed by atoms with Crippen molar-refractivity contribution in [2.75, 3.05) is 13.1 Å². The van der Waals surface area contributed by atoms with Crippen LogP contribution in [0.5, 0.6) is 0 Å². The van der Waals surface area contributed by atoms with Crippen molar-refractivity contribution in [3.05, 3.63) is 60.2 Å². The summed E-state index contributed by atoms with van der Waals surface area (Å²) in [4.78, 5) is 8.94. The molecule has 0 unspecified atom stereocenters. The molecule has 0 atom stereocenters. The number of pyridine rings is 2. The van der Waals surface area contributed by atoms with Gasteiger partial charge in [0.05, 0.1) is 0 Å². The van der Waals surface area contributed by atoms with E-state index in [-0.39, 0.29) is 5.41 Å². The molecule has 2 heterocycles. The number of rotatable bonds is 8. The highest BCUT2D eigenvalue weighted by Crippen LogP contribution is 2.33. The van der Waals surface area contributed by atoms with Crippen LogP contribution in [-0.2, 0) is 12.8 Å². The number of nitrogens with two attached hydrogens (primary N) is 2. The Morgan fingerprint density at radius 2 is 1.24 bits per heavy atom. The molecule has 2 aromatic heterocycles. The van der Waals surface area contributed by atoms with E-state index in [9.17, 15) is 0 Å². The van der Waals surface area contributed by atoms with Gasteiger partial charge in [0.2, 0.25) is 0 Å². The SMILES string of the molecule is NCCC(CCN)(Cc1ccccn1)Cc1ccccn1. The van der Waals surface area contributed by atoms with Crippen LogP contribution in [0.3, 0.4) is 0 Å². The molecule has 0 saturated carbocycles. The summed E-state index contributed by atoms with van der Waals surface area (Å²) >= 11 is 0. The van der Waals surface area contributed by atoms with E-state index in [0.29, 0.717) is 13.1 Å². The van der Waals surface area contributed by atoms with Gasteiger partial charge in [-0.25, -0.2) is 0 Å². The summed E-state index contributed by atoms with van der Waals surface area (Å²) < 4.78 is 0. The molecule has 4 heteroatoms. The molecule has 0 amide bonds. The van der Waals surface area contributed by atoms with Crippen LogP contribution in [0.15, 0.2) is 48.8 Å². The van der Waals surface area contributed by atoms with Gasteiger partial charge in [-0.15, -0.1) is 0 Å². The molecule has 112 valence electrons. The molecule has 0 radical (unpaired) electrons. The van der Waals surface area contributed by atoms with Gasteiger partial charge in [0.15, 0.2) is 0 Å². The summed E-state index contributed by atoms with van der Waals surface area (Å²) in [7, 11) is 0. The molecule has 4 N–H and O–H groups in total. The quantitative estimate of drug-likeness (QED) is 0.776. The van der Waals surface area contributed by atoms with Crippen molar-refractivity contribution < 1.29 is 0 Å². The molecule has 0 fully saturated rings. The Kier molecular flexibility index (Phi) is 5.84. The molecule has 0 aliphatic carbocycles.